The van der Waals surface area contributed by atoms with E-state index in [1.165, 1.54) is 0 Å². The average molecular weight is 264 g/mol. The molecule has 1 amide bonds. The molecule has 0 radical (unpaired) electrons. The molecular weight excluding hydrogens is 244 g/mol. The van der Waals surface area contributed by atoms with Crippen molar-refractivity contribution >= 4 is 17.6 Å². The van der Waals surface area contributed by atoms with Crippen molar-refractivity contribution in [3.8, 4) is 0 Å². The van der Waals surface area contributed by atoms with Crippen LogP contribution in [0.15, 0.2) is 18.2 Å². The van der Waals surface area contributed by atoms with Gasteiger partial charge in [-0.1, -0.05) is 6.92 Å². The van der Waals surface area contributed by atoms with Crippen LogP contribution >= 0.6 is 0 Å². The number of carboxylic acid groups (broad SMARTS) is 1. The molecule has 1 aromatic rings. The molecule has 0 saturated carbocycles. The number of anilines is 1. The van der Waals surface area contributed by atoms with Crippen molar-refractivity contribution < 1.29 is 14.7 Å². The van der Waals surface area contributed by atoms with Crippen LogP contribution < -0.4 is 10.6 Å². The van der Waals surface area contributed by atoms with Gasteiger partial charge in [-0.25, -0.2) is 4.79 Å². The summed E-state index contributed by atoms with van der Waals surface area (Å²) in [5, 5.41) is 14.8. The Morgan fingerprint density at radius 3 is 2.58 bits per heavy atom. The summed E-state index contributed by atoms with van der Waals surface area (Å²) in [5.74, 6) is -0.906. The molecular formula is C14H20N2O3. The number of carbonyl (C=O) groups is 2. The van der Waals surface area contributed by atoms with Crippen molar-refractivity contribution in [1.29, 1.82) is 0 Å². The lowest BCUT2D eigenvalue weighted by atomic mass is 10.1. The van der Waals surface area contributed by atoms with Gasteiger partial charge < -0.3 is 15.7 Å². The maximum Gasteiger partial charge on any atom is 0.335 e. The third-order valence-electron chi connectivity index (χ3n) is 2.71. The van der Waals surface area contributed by atoms with Crippen LogP contribution in [-0.4, -0.2) is 30.1 Å². The smallest absolute Gasteiger partial charge is 0.335 e. The second kappa shape index (κ2) is 7.41. The summed E-state index contributed by atoms with van der Waals surface area (Å²) in [6.07, 6.45) is 1.33. The molecule has 0 spiro atoms. The highest BCUT2D eigenvalue weighted by Gasteiger charge is 2.07. The van der Waals surface area contributed by atoms with Crippen molar-refractivity contribution in [3.05, 3.63) is 29.3 Å². The quantitative estimate of drug-likeness (QED) is 0.704. The van der Waals surface area contributed by atoms with E-state index in [9.17, 15) is 9.59 Å². The minimum atomic E-state index is -0.928. The standard InChI is InChI=1S/C14H20N2O3/c1-3-7-16-13(17)6-8-15-11-4-5-12(14(18)19)10(2)9-11/h4-5,9,15H,3,6-8H2,1-2H3,(H,16,17)(H,18,19). The predicted molar refractivity (Wildman–Crippen MR) is 74.5 cm³/mol. The fraction of sp³-hybridized carbons (Fsp3) is 0.429. The number of hydrogen-bond donors (Lipinski definition) is 3. The van der Waals surface area contributed by atoms with Gasteiger partial charge in [0.15, 0.2) is 0 Å². The highest BCUT2D eigenvalue weighted by molar-refractivity contribution is 5.89. The van der Waals surface area contributed by atoms with E-state index in [1.54, 1.807) is 25.1 Å². The summed E-state index contributed by atoms with van der Waals surface area (Å²) >= 11 is 0. The summed E-state index contributed by atoms with van der Waals surface area (Å²) in [4.78, 5) is 22.2. The van der Waals surface area contributed by atoms with E-state index in [0.29, 0.717) is 30.6 Å². The largest absolute Gasteiger partial charge is 0.478 e. The van der Waals surface area contributed by atoms with Gasteiger partial charge in [0.25, 0.3) is 0 Å². The number of aromatic carboxylic acids is 1. The van der Waals surface area contributed by atoms with Crippen LogP contribution in [-0.2, 0) is 4.79 Å². The summed E-state index contributed by atoms with van der Waals surface area (Å²) in [5.41, 5.74) is 1.82. The average Bonchev–Trinajstić information content (AvgIpc) is 2.36. The molecule has 0 atom stereocenters. The lowest BCUT2D eigenvalue weighted by Crippen LogP contribution is -2.25. The maximum atomic E-state index is 11.4. The Labute approximate surface area is 113 Å². The van der Waals surface area contributed by atoms with Gasteiger partial charge in [-0.15, -0.1) is 0 Å². The van der Waals surface area contributed by atoms with Gasteiger partial charge in [0, 0.05) is 25.2 Å². The van der Waals surface area contributed by atoms with E-state index in [4.69, 9.17) is 5.11 Å². The van der Waals surface area contributed by atoms with Gasteiger partial charge in [-0.2, -0.15) is 0 Å². The third-order valence-corrected chi connectivity index (χ3v) is 2.71. The number of nitrogens with one attached hydrogen (secondary N) is 2. The summed E-state index contributed by atoms with van der Waals surface area (Å²) < 4.78 is 0. The summed E-state index contributed by atoms with van der Waals surface area (Å²) in [6.45, 7) is 4.99. The molecule has 0 aromatic heterocycles. The van der Waals surface area contributed by atoms with Crippen LogP contribution in [0.1, 0.15) is 35.7 Å². The Hall–Kier alpha value is -2.04. The summed E-state index contributed by atoms with van der Waals surface area (Å²) in [6, 6.07) is 5.05. The first kappa shape index (κ1) is 15.0. The van der Waals surface area contributed by atoms with Gasteiger partial charge in [-0.3, -0.25) is 4.79 Å². The van der Waals surface area contributed by atoms with E-state index in [0.717, 1.165) is 12.1 Å². The van der Waals surface area contributed by atoms with Crippen LogP contribution in [0.3, 0.4) is 0 Å². The Bertz CT molecular complexity index is 458. The number of aryl methyl sites for hydroxylation is 1. The Kier molecular flexibility index (Phi) is 5.85. The van der Waals surface area contributed by atoms with E-state index >= 15 is 0 Å². The molecule has 5 heteroatoms. The lowest BCUT2D eigenvalue weighted by molar-refractivity contribution is -0.120. The number of carboxylic acids is 1. The van der Waals surface area contributed by atoms with Crippen LogP contribution in [0.5, 0.6) is 0 Å². The molecule has 3 N–H and O–H groups in total. The minimum Gasteiger partial charge on any atom is -0.478 e. The first-order valence-electron chi connectivity index (χ1n) is 6.39. The highest BCUT2D eigenvalue weighted by atomic mass is 16.4. The molecule has 0 aliphatic rings. The zero-order chi connectivity index (χ0) is 14.3. The molecule has 1 aromatic carbocycles. The highest BCUT2D eigenvalue weighted by Crippen LogP contribution is 2.15. The molecule has 104 valence electrons. The first-order valence-corrected chi connectivity index (χ1v) is 6.39. The molecule has 0 saturated heterocycles. The van der Waals surface area contributed by atoms with Crippen molar-refractivity contribution in [2.24, 2.45) is 0 Å². The maximum absolute atomic E-state index is 11.4. The third kappa shape index (κ3) is 4.99. The zero-order valence-corrected chi connectivity index (χ0v) is 11.3. The fourth-order valence-corrected chi connectivity index (χ4v) is 1.69. The summed E-state index contributed by atoms with van der Waals surface area (Å²) in [7, 11) is 0. The zero-order valence-electron chi connectivity index (χ0n) is 11.3. The second-order valence-electron chi connectivity index (χ2n) is 4.36. The molecule has 0 bridgehead atoms. The number of hydrogen-bond acceptors (Lipinski definition) is 3. The molecule has 19 heavy (non-hydrogen) atoms. The Morgan fingerprint density at radius 1 is 1.26 bits per heavy atom. The van der Waals surface area contributed by atoms with E-state index in [-0.39, 0.29) is 5.91 Å². The second-order valence-corrected chi connectivity index (χ2v) is 4.36. The number of benzene rings is 1. The van der Waals surface area contributed by atoms with Crippen LogP contribution in [0, 0.1) is 6.92 Å². The predicted octanol–water partition coefficient (Wildman–Crippen LogP) is 2.02. The van der Waals surface area contributed by atoms with Gasteiger partial charge in [0.1, 0.15) is 0 Å². The molecule has 0 unspecified atom stereocenters. The van der Waals surface area contributed by atoms with E-state index < -0.39 is 5.97 Å². The Morgan fingerprint density at radius 2 is 2.00 bits per heavy atom. The molecule has 1 rings (SSSR count). The molecule has 5 nitrogen and oxygen atoms in total. The first-order chi connectivity index (χ1) is 9.04. The minimum absolute atomic E-state index is 0.0215. The van der Waals surface area contributed by atoms with Crippen molar-refractivity contribution in [2.75, 3.05) is 18.4 Å². The van der Waals surface area contributed by atoms with Crippen molar-refractivity contribution in [3.63, 3.8) is 0 Å². The van der Waals surface area contributed by atoms with Gasteiger partial charge in [0.05, 0.1) is 5.56 Å². The van der Waals surface area contributed by atoms with Gasteiger partial charge in [0.2, 0.25) is 5.91 Å². The molecule has 0 heterocycles. The van der Waals surface area contributed by atoms with Crippen LogP contribution in [0.25, 0.3) is 0 Å². The normalized spacial score (nSPS) is 10.0. The molecule has 0 aliphatic heterocycles. The fourth-order valence-electron chi connectivity index (χ4n) is 1.69. The molecule has 0 fully saturated rings. The lowest BCUT2D eigenvalue weighted by Gasteiger charge is -2.09. The monoisotopic (exact) mass is 264 g/mol. The van der Waals surface area contributed by atoms with Gasteiger partial charge in [-0.05, 0) is 37.1 Å². The van der Waals surface area contributed by atoms with E-state index in [2.05, 4.69) is 10.6 Å². The number of rotatable bonds is 7. The number of carbonyl (C=O) groups excluding carboxylic acids is 1. The molecule has 0 aliphatic carbocycles. The van der Waals surface area contributed by atoms with Crippen LogP contribution in [0.4, 0.5) is 5.69 Å². The van der Waals surface area contributed by atoms with Crippen molar-refractivity contribution in [2.45, 2.75) is 26.7 Å². The van der Waals surface area contributed by atoms with E-state index in [1.807, 2.05) is 6.92 Å². The topological polar surface area (TPSA) is 78.4 Å². The SMILES string of the molecule is CCCNC(=O)CCNc1ccc(C(=O)O)c(C)c1. The van der Waals surface area contributed by atoms with Crippen molar-refractivity contribution in [1.82, 2.24) is 5.32 Å². The Balaban J connectivity index is 2.44. The number of amides is 1. The van der Waals surface area contributed by atoms with Crippen LogP contribution in [0.2, 0.25) is 0 Å². The van der Waals surface area contributed by atoms with Gasteiger partial charge >= 0.3 is 5.97 Å².